The molecule has 1 saturated carbocycles. The Kier molecular flexibility index (Phi) is 3.41. The van der Waals surface area contributed by atoms with Crippen molar-refractivity contribution in [2.75, 3.05) is 6.54 Å². The largest absolute Gasteiger partial charge is 0.403 e. The van der Waals surface area contributed by atoms with E-state index in [9.17, 15) is 0 Å². The molecule has 0 heterocycles. The minimum absolute atomic E-state index is 0.802. The SMILES string of the molecule is CC/C(=C/N)N(N)CC1CCC1. The molecule has 0 spiro atoms. The number of hydrazine groups is 1. The molecule has 1 aliphatic carbocycles. The first-order chi connectivity index (χ1) is 5.77. The minimum Gasteiger partial charge on any atom is -0.403 e. The number of nitrogens with zero attached hydrogens (tertiary/aromatic N) is 1. The predicted molar refractivity (Wildman–Crippen MR) is 50.8 cm³/mol. The Labute approximate surface area is 74.4 Å². The number of hydrogen-bond donors (Lipinski definition) is 2. The number of hydrogen-bond acceptors (Lipinski definition) is 3. The third kappa shape index (κ3) is 2.14. The van der Waals surface area contributed by atoms with Gasteiger partial charge in [-0.2, -0.15) is 0 Å². The lowest BCUT2D eigenvalue weighted by Crippen LogP contribution is -2.37. The van der Waals surface area contributed by atoms with Crippen LogP contribution in [0.4, 0.5) is 0 Å². The summed E-state index contributed by atoms with van der Waals surface area (Å²) in [5, 5.41) is 1.80. The van der Waals surface area contributed by atoms with Gasteiger partial charge in [0.25, 0.3) is 0 Å². The van der Waals surface area contributed by atoms with E-state index in [0.717, 1.165) is 24.6 Å². The Balaban J connectivity index is 2.29. The van der Waals surface area contributed by atoms with Crippen molar-refractivity contribution in [2.45, 2.75) is 32.6 Å². The molecule has 1 fully saturated rings. The molecule has 3 nitrogen and oxygen atoms in total. The van der Waals surface area contributed by atoms with Gasteiger partial charge in [0.2, 0.25) is 0 Å². The Morgan fingerprint density at radius 1 is 1.58 bits per heavy atom. The van der Waals surface area contributed by atoms with E-state index in [0.29, 0.717) is 0 Å². The Morgan fingerprint density at radius 3 is 2.58 bits per heavy atom. The first-order valence-electron chi connectivity index (χ1n) is 4.71. The van der Waals surface area contributed by atoms with E-state index in [4.69, 9.17) is 11.6 Å². The van der Waals surface area contributed by atoms with E-state index < -0.39 is 0 Å². The van der Waals surface area contributed by atoms with Crippen LogP contribution in [0.2, 0.25) is 0 Å². The van der Waals surface area contributed by atoms with Gasteiger partial charge >= 0.3 is 0 Å². The van der Waals surface area contributed by atoms with E-state index >= 15 is 0 Å². The summed E-state index contributed by atoms with van der Waals surface area (Å²) in [6.45, 7) is 3.04. The van der Waals surface area contributed by atoms with Crippen molar-refractivity contribution in [3.8, 4) is 0 Å². The van der Waals surface area contributed by atoms with E-state index in [-0.39, 0.29) is 0 Å². The highest BCUT2D eigenvalue weighted by molar-refractivity contribution is 4.96. The van der Waals surface area contributed by atoms with Crippen molar-refractivity contribution in [3.05, 3.63) is 11.9 Å². The molecular formula is C9H19N3. The van der Waals surface area contributed by atoms with Gasteiger partial charge in [-0.15, -0.1) is 0 Å². The molecule has 0 unspecified atom stereocenters. The van der Waals surface area contributed by atoms with Crippen molar-refractivity contribution in [1.29, 1.82) is 0 Å². The summed E-state index contributed by atoms with van der Waals surface area (Å²) < 4.78 is 0. The first-order valence-corrected chi connectivity index (χ1v) is 4.71. The van der Waals surface area contributed by atoms with Gasteiger partial charge in [-0.3, -0.25) is 0 Å². The zero-order valence-electron chi connectivity index (χ0n) is 7.79. The number of rotatable bonds is 4. The predicted octanol–water partition coefficient (Wildman–Crippen LogP) is 1.17. The highest BCUT2D eigenvalue weighted by atomic mass is 15.4. The average molecular weight is 169 g/mol. The molecule has 4 N–H and O–H groups in total. The Morgan fingerprint density at radius 2 is 2.25 bits per heavy atom. The molecule has 0 aromatic carbocycles. The van der Waals surface area contributed by atoms with Crippen LogP contribution in [-0.4, -0.2) is 11.6 Å². The molecule has 0 aromatic rings. The normalized spacial score (nSPS) is 19.0. The number of nitrogens with two attached hydrogens (primary N) is 2. The summed E-state index contributed by atoms with van der Waals surface area (Å²) in [7, 11) is 0. The minimum atomic E-state index is 0.802. The molecule has 1 aliphatic rings. The molecule has 70 valence electrons. The Hall–Kier alpha value is -0.700. The van der Waals surface area contributed by atoms with Crippen LogP contribution < -0.4 is 11.6 Å². The molecule has 0 aromatic heterocycles. The lowest BCUT2D eigenvalue weighted by atomic mass is 9.85. The average Bonchev–Trinajstić information content (AvgIpc) is 1.99. The fourth-order valence-electron chi connectivity index (χ4n) is 1.49. The maximum atomic E-state index is 5.83. The monoisotopic (exact) mass is 169 g/mol. The summed E-state index contributed by atoms with van der Waals surface area (Å²) in [4.78, 5) is 0. The van der Waals surface area contributed by atoms with Crippen LogP contribution in [0, 0.1) is 5.92 Å². The molecule has 0 radical (unpaired) electrons. The Bertz CT molecular complexity index is 161. The topological polar surface area (TPSA) is 55.3 Å². The quantitative estimate of drug-likeness (QED) is 0.490. The zero-order chi connectivity index (χ0) is 8.97. The molecule has 12 heavy (non-hydrogen) atoms. The molecule has 0 saturated heterocycles. The van der Waals surface area contributed by atoms with Gasteiger partial charge < -0.3 is 10.7 Å². The highest BCUT2D eigenvalue weighted by Gasteiger charge is 2.19. The van der Waals surface area contributed by atoms with Gasteiger partial charge in [0, 0.05) is 18.4 Å². The lowest BCUT2D eigenvalue weighted by Gasteiger charge is -2.31. The van der Waals surface area contributed by atoms with E-state index in [1.807, 2.05) is 0 Å². The van der Waals surface area contributed by atoms with Crippen LogP contribution >= 0.6 is 0 Å². The van der Waals surface area contributed by atoms with Crippen molar-refractivity contribution in [2.24, 2.45) is 17.5 Å². The van der Waals surface area contributed by atoms with Crippen molar-refractivity contribution < 1.29 is 0 Å². The second kappa shape index (κ2) is 4.36. The molecule has 0 amide bonds. The molecule has 1 rings (SSSR count). The van der Waals surface area contributed by atoms with E-state index in [2.05, 4.69) is 6.92 Å². The van der Waals surface area contributed by atoms with Crippen molar-refractivity contribution in [1.82, 2.24) is 5.01 Å². The second-order valence-electron chi connectivity index (χ2n) is 3.46. The smallest absolute Gasteiger partial charge is 0.0443 e. The fourth-order valence-corrected chi connectivity index (χ4v) is 1.49. The summed E-state index contributed by atoms with van der Waals surface area (Å²) in [5.41, 5.74) is 6.48. The van der Waals surface area contributed by atoms with Crippen LogP contribution in [-0.2, 0) is 0 Å². The van der Waals surface area contributed by atoms with Crippen LogP contribution in [0.25, 0.3) is 0 Å². The van der Waals surface area contributed by atoms with Gasteiger partial charge in [0.15, 0.2) is 0 Å². The summed E-state index contributed by atoms with van der Waals surface area (Å²) >= 11 is 0. The third-order valence-corrected chi connectivity index (χ3v) is 2.60. The van der Waals surface area contributed by atoms with E-state index in [1.54, 1.807) is 11.2 Å². The first kappa shape index (κ1) is 9.39. The van der Waals surface area contributed by atoms with Crippen LogP contribution in [0.5, 0.6) is 0 Å². The van der Waals surface area contributed by atoms with Gasteiger partial charge in [-0.25, -0.2) is 5.84 Å². The van der Waals surface area contributed by atoms with Crippen molar-refractivity contribution in [3.63, 3.8) is 0 Å². The van der Waals surface area contributed by atoms with Crippen molar-refractivity contribution >= 4 is 0 Å². The third-order valence-electron chi connectivity index (χ3n) is 2.60. The summed E-state index contributed by atoms with van der Waals surface area (Å²) in [6.07, 6.45) is 6.55. The van der Waals surface area contributed by atoms with Gasteiger partial charge in [-0.1, -0.05) is 13.3 Å². The fraction of sp³-hybridized carbons (Fsp3) is 0.778. The zero-order valence-corrected chi connectivity index (χ0v) is 7.79. The molecule has 0 aliphatic heterocycles. The summed E-state index contributed by atoms with van der Waals surface area (Å²) in [5.74, 6) is 6.64. The highest BCUT2D eigenvalue weighted by Crippen LogP contribution is 2.27. The van der Waals surface area contributed by atoms with Crippen LogP contribution in [0.1, 0.15) is 32.6 Å². The van der Waals surface area contributed by atoms with Gasteiger partial charge in [-0.05, 0) is 25.2 Å². The molecular weight excluding hydrogens is 150 g/mol. The van der Waals surface area contributed by atoms with Crippen LogP contribution in [0.3, 0.4) is 0 Å². The summed E-state index contributed by atoms with van der Waals surface area (Å²) in [6, 6.07) is 0. The maximum Gasteiger partial charge on any atom is 0.0443 e. The maximum absolute atomic E-state index is 5.83. The standard InChI is InChI=1S/C9H19N3/c1-2-9(6-10)12(11)7-8-4-3-5-8/h6,8H,2-5,7,10-11H2,1H3/b9-6-. The van der Waals surface area contributed by atoms with Crippen LogP contribution in [0.15, 0.2) is 11.9 Å². The molecule has 0 atom stereocenters. The second-order valence-corrected chi connectivity index (χ2v) is 3.46. The number of allylic oxidation sites excluding steroid dienone is 1. The lowest BCUT2D eigenvalue weighted by molar-refractivity contribution is 0.210. The molecule has 0 bridgehead atoms. The van der Waals surface area contributed by atoms with Gasteiger partial charge in [0.05, 0.1) is 0 Å². The van der Waals surface area contributed by atoms with Gasteiger partial charge in [0.1, 0.15) is 0 Å². The van der Waals surface area contributed by atoms with E-state index in [1.165, 1.54) is 19.3 Å². The molecule has 3 heteroatoms.